The van der Waals surface area contributed by atoms with Crippen LogP contribution in [0.5, 0.6) is 0 Å². The fourth-order valence-electron chi connectivity index (χ4n) is 1.10. The Morgan fingerprint density at radius 1 is 1.71 bits per heavy atom. The number of nitrogens with zero attached hydrogens (tertiary/aromatic N) is 1. The maximum Gasteiger partial charge on any atom is 0.310 e. The number of aromatic nitrogens is 1. The van der Waals surface area contributed by atoms with Gasteiger partial charge < -0.3 is 9.96 Å². The number of nitrogens with one attached hydrogen (secondary N) is 1. The lowest BCUT2D eigenvalue weighted by molar-refractivity contribution is -0.142. The van der Waals surface area contributed by atoms with Gasteiger partial charge in [0.15, 0.2) is 0 Å². The molecule has 0 unspecified atom stereocenters. The quantitative estimate of drug-likeness (QED) is 0.544. The zero-order valence-corrected chi connectivity index (χ0v) is 8.41. The molecular formula is C9H13BN2O2. The van der Waals surface area contributed by atoms with Gasteiger partial charge in [-0.3, -0.25) is 4.79 Å². The molecule has 74 valence electrons. The van der Waals surface area contributed by atoms with E-state index in [1.807, 2.05) is 6.07 Å². The van der Waals surface area contributed by atoms with Gasteiger partial charge >= 0.3 is 5.97 Å². The summed E-state index contributed by atoms with van der Waals surface area (Å²) in [6.45, 7) is 2.21. The fraction of sp³-hybridized carbons (Fsp3) is 0.333. The van der Waals surface area contributed by atoms with Crippen LogP contribution < -0.4 is 5.23 Å². The smallest absolute Gasteiger partial charge is 0.310 e. The number of hydrogen-bond acceptors (Lipinski definition) is 4. The minimum Gasteiger partial charge on any atom is -0.466 e. The Labute approximate surface area is 84.1 Å². The highest BCUT2D eigenvalue weighted by Crippen LogP contribution is 2.06. The van der Waals surface area contributed by atoms with E-state index in [4.69, 9.17) is 4.74 Å². The molecule has 0 saturated heterocycles. The van der Waals surface area contributed by atoms with E-state index in [1.54, 1.807) is 27.2 Å². The SMILES string of the molecule is BNc1cc(CC(=O)OCC)ccn1. The predicted octanol–water partition coefficient (Wildman–Crippen LogP) is 0.147. The van der Waals surface area contributed by atoms with Crippen molar-refractivity contribution in [1.29, 1.82) is 0 Å². The lowest BCUT2D eigenvalue weighted by atomic mass is 10.2. The summed E-state index contributed by atoms with van der Waals surface area (Å²) in [7, 11) is 1.79. The molecule has 14 heavy (non-hydrogen) atoms. The van der Waals surface area contributed by atoms with Crippen LogP contribution in [0.4, 0.5) is 5.82 Å². The number of pyridine rings is 1. The molecule has 0 fully saturated rings. The van der Waals surface area contributed by atoms with E-state index < -0.39 is 0 Å². The van der Waals surface area contributed by atoms with Crippen molar-refractivity contribution in [3.05, 3.63) is 23.9 Å². The number of carbonyl (C=O) groups is 1. The average Bonchev–Trinajstić information content (AvgIpc) is 2.18. The standard InChI is InChI=1S/C9H13BN2O2/c1-2-14-9(13)6-7-3-4-11-8(5-7)12-10/h3-5H,2,6,10H2,1H3,(H,11,12). The van der Waals surface area contributed by atoms with Crippen LogP contribution in [0.3, 0.4) is 0 Å². The average molecular weight is 192 g/mol. The Hall–Kier alpha value is -1.52. The normalized spacial score (nSPS) is 9.50. The summed E-state index contributed by atoms with van der Waals surface area (Å²) < 4.78 is 4.84. The Bertz CT molecular complexity index is 317. The molecule has 5 heteroatoms. The number of anilines is 1. The van der Waals surface area contributed by atoms with Crippen molar-refractivity contribution in [3.63, 3.8) is 0 Å². The lowest BCUT2D eigenvalue weighted by Gasteiger charge is -2.03. The number of rotatable bonds is 4. The van der Waals surface area contributed by atoms with Crippen molar-refractivity contribution in [2.75, 3.05) is 11.8 Å². The third kappa shape index (κ3) is 3.09. The molecule has 0 aliphatic carbocycles. The molecule has 0 amide bonds. The third-order valence-corrected chi connectivity index (χ3v) is 1.73. The molecule has 1 aromatic heterocycles. The summed E-state index contributed by atoms with van der Waals surface area (Å²) in [6.07, 6.45) is 1.96. The van der Waals surface area contributed by atoms with Crippen LogP contribution in [0.2, 0.25) is 0 Å². The first-order chi connectivity index (χ1) is 6.76. The van der Waals surface area contributed by atoms with Gasteiger partial charge in [0.2, 0.25) is 7.98 Å². The van der Waals surface area contributed by atoms with Crippen LogP contribution in [0.1, 0.15) is 12.5 Å². The van der Waals surface area contributed by atoms with E-state index in [0.717, 1.165) is 11.4 Å². The van der Waals surface area contributed by atoms with Crippen LogP contribution in [0.15, 0.2) is 18.3 Å². The topological polar surface area (TPSA) is 51.2 Å². The Kier molecular flexibility index (Phi) is 3.97. The summed E-state index contributed by atoms with van der Waals surface area (Å²) in [6, 6.07) is 3.63. The van der Waals surface area contributed by atoms with Gasteiger partial charge in [0.25, 0.3) is 0 Å². The van der Waals surface area contributed by atoms with E-state index in [-0.39, 0.29) is 5.97 Å². The van der Waals surface area contributed by atoms with Gasteiger partial charge in [-0.1, -0.05) is 0 Å². The van der Waals surface area contributed by atoms with Crippen LogP contribution in [-0.2, 0) is 16.0 Å². The predicted molar refractivity (Wildman–Crippen MR) is 56.7 cm³/mol. The summed E-state index contributed by atoms with van der Waals surface area (Å²) >= 11 is 0. The second-order valence-electron chi connectivity index (χ2n) is 2.78. The van der Waals surface area contributed by atoms with Crippen LogP contribution in [-0.4, -0.2) is 25.5 Å². The maximum atomic E-state index is 11.1. The lowest BCUT2D eigenvalue weighted by Crippen LogP contribution is -2.08. The molecule has 1 heterocycles. The van der Waals surface area contributed by atoms with Crippen molar-refractivity contribution in [3.8, 4) is 0 Å². The van der Waals surface area contributed by atoms with Crippen molar-refractivity contribution in [1.82, 2.24) is 4.98 Å². The largest absolute Gasteiger partial charge is 0.466 e. The Morgan fingerprint density at radius 3 is 3.14 bits per heavy atom. The highest BCUT2D eigenvalue weighted by Gasteiger charge is 2.03. The molecule has 0 aromatic carbocycles. The first-order valence-corrected chi connectivity index (χ1v) is 4.54. The molecular weight excluding hydrogens is 179 g/mol. The number of hydrogen-bond donors (Lipinski definition) is 1. The fourth-order valence-corrected chi connectivity index (χ4v) is 1.10. The Morgan fingerprint density at radius 2 is 2.50 bits per heavy atom. The van der Waals surface area contributed by atoms with E-state index in [0.29, 0.717) is 13.0 Å². The van der Waals surface area contributed by atoms with Crippen LogP contribution >= 0.6 is 0 Å². The van der Waals surface area contributed by atoms with Gasteiger partial charge in [-0.15, -0.1) is 0 Å². The summed E-state index contributed by atoms with van der Waals surface area (Å²) in [5.74, 6) is 0.549. The van der Waals surface area contributed by atoms with Gasteiger partial charge in [0, 0.05) is 6.20 Å². The van der Waals surface area contributed by atoms with Crippen LogP contribution in [0, 0.1) is 0 Å². The third-order valence-electron chi connectivity index (χ3n) is 1.73. The van der Waals surface area contributed by atoms with Gasteiger partial charge in [0.05, 0.1) is 13.0 Å². The van der Waals surface area contributed by atoms with E-state index >= 15 is 0 Å². The van der Waals surface area contributed by atoms with E-state index in [2.05, 4.69) is 10.2 Å². The second-order valence-corrected chi connectivity index (χ2v) is 2.78. The molecule has 0 saturated carbocycles. The van der Waals surface area contributed by atoms with Gasteiger partial charge in [-0.2, -0.15) is 0 Å². The maximum absolute atomic E-state index is 11.1. The summed E-state index contributed by atoms with van der Waals surface area (Å²) in [4.78, 5) is 15.2. The highest BCUT2D eigenvalue weighted by molar-refractivity contribution is 6.15. The zero-order chi connectivity index (χ0) is 10.4. The van der Waals surface area contributed by atoms with E-state index in [9.17, 15) is 4.79 Å². The van der Waals surface area contributed by atoms with Gasteiger partial charge in [-0.25, -0.2) is 4.98 Å². The van der Waals surface area contributed by atoms with Gasteiger partial charge in [0.1, 0.15) is 5.82 Å². The van der Waals surface area contributed by atoms with Crippen LogP contribution in [0.25, 0.3) is 0 Å². The minimum absolute atomic E-state index is 0.208. The monoisotopic (exact) mass is 192 g/mol. The molecule has 0 aliphatic heterocycles. The van der Waals surface area contributed by atoms with Crippen molar-refractivity contribution in [2.24, 2.45) is 0 Å². The molecule has 0 aliphatic rings. The molecule has 4 nitrogen and oxygen atoms in total. The summed E-state index contributed by atoms with van der Waals surface area (Å²) in [5.41, 5.74) is 0.905. The molecule has 1 aromatic rings. The first kappa shape index (κ1) is 10.6. The number of carbonyl (C=O) groups excluding carboxylic acids is 1. The molecule has 0 bridgehead atoms. The molecule has 0 atom stereocenters. The highest BCUT2D eigenvalue weighted by atomic mass is 16.5. The zero-order valence-electron chi connectivity index (χ0n) is 8.41. The summed E-state index contributed by atoms with van der Waals surface area (Å²) in [5, 5.41) is 2.91. The second kappa shape index (κ2) is 5.27. The number of esters is 1. The first-order valence-electron chi connectivity index (χ1n) is 4.54. The molecule has 1 rings (SSSR count). The van der Waals surface area contributed by atoms with Crippen molar-refractivity contribution < 1.29 is 9.53 Å². The molecule has 0 radical (unpaired) electrons. The number of ether oxygens (including phenoxy) is 1. The molecule has 1 N–H and O–H groups in total. The Balaban J connectivity index is 2.62. The van der Waals surface area contributed by atoms with Crippen molar-refractivity contribution in [2.45, 2.75) is 13.3 Å². The van der Waals surface area contributed by atoms with Gasteiger partial charge in [-0.05, 0) is 24.6 Å². The van der Waals surface area contributed by atoms with E-state index in [1.165, 1.54) is 0 Å². The molecule has 0 spiro atoms. The minimum atomic E-state index is -0.208. The van der Waals surface area contributed by atoms with Crippen molar-refractivity contribution >= 4 is 19.8 Å².